The number of rotatable bonds is 4. The van der Waals surface area contributed by atoms with E-state index in [1.54, 1.807) is 45.5 Å². The van der Waals surface area contributed by atoms with Crippen LogP contribution in [0.25, 0.3) is 44.1 Å². The van der Waals surface area contributed by atoms with E-state index in [1.165, 1.54) is 0 Å². The summed E-state index contributed by atoms with van der Waals surface area (Å²) in [7, 11) is 0. The summed E-state index contributed by atoms with van der Waals surface area (Å²) < 4.78 is 3.37. The lowest BCUT2D eigenvalue weighted by Crippen LogP contribution is -2.27. The van der Waals surface area contributed by atoms with Crippen molar-refractivity contribution in [1.29, 1.82) is 0 Å². The monoisotopic (exact) mass is 534 g/mol. The Kier molecular flexibility index (Phi) is 4.92. The van der Waals surface area contributed by atoms with E-state index in [1.807, 2.05) is 60.7 Å². The van der Waals surface area contributed by atoms with E-state index in [-0.39, 0.29) is 22.7 Å². The average Bonchev–Trinajstić information content (AvgIpc) is 3.48. The molecule has 0 aliphatic heterocycles. The van der Waals surface area contributed by atoms with Crippen LogP contribution >= 0.6 is 0 Å². The smallest absolute Gasteiger partial charge is 0.258 e. The van der Waals surface area contributed by atoms with E-state index in [9.17, 15) is 19.2 Å². The highest BCUT2D eigenvalue weighted by molar-refractivity contribution is 6.27. The molecule has 0 saturated carbocycles. The second-order valence-electron chi connectivity index (χ2n) is 10.6. The highest BCUT2D eigenvalue weighted by atomic mass is 16.1. The van der Waals surface area contributed by atoms with Gasteiger partial charge in [-0.15, -0.1) is 0 Å². The molecular weight excluding hydrogens is 512 g/mol. The predicted octanol–water partition coefficient (Wildman–Crippen LogP) is 5.83. The highest BCUT2D eigenvalue weighted by Gasteiger charge is 2.34. The number of hydrogen-bond acceptors (Lipinski definition) is 4. The van der Waals surface area contributed by atoms with Crippen LogP contribution in [0.3, 0.4) is 0 Å². The summed E-state index contributed by atoms with van der Waals surface area (Å²) >= 11 is 0. The molecule has 2 aliphatic rings. The Bertz CT molecular complexity index is 2110. The summed E-state index contributed by atoms with van der Waals surface area (Å²) in [5.74, 6) is -0.168. The minimum absolute atomic E-state index is 0.0840. The van der Waals surface area contributed by atoms with Crippen LogP contribution in [0, 0.1) is 0 Å². The van der Waals surface area contributed by atoms with E-state index < -0.39 is 0 Å². The van der Waals surface area contributed by atoms with Crippen LogP contribution in [-0.2, 0) is 13.1 Å². The molecule has 0 fully saturated rings. The molecule has 0 saturated heterocycles. The Morgan fingerprint density at radius 1 is 0.415 bits per heavy atom. The molecule has 41 heavy (non-hydrogen) atoms. The maximum atomic E-state index is 13.8. The second-order valence-corrected chi connectivity index (χ2v) is 10.6. The summed E-state index contributed by atoms with van der Waals surface area (Å²) in [6.45, 7) is 0.606. The van der Waals surface area contributed by atoms with Crippen LogP contribution in [0.2, 0.25) is 0 Å². The molecular formula is C35H22N2O4. The SMILES string of the molecule is O=C1c2ccccc2-c2c1c1ccccc1c(=O)n2CCCn1c2c(c3ccccc3c1=O)C(=O)c1ccccc1-2. The molecule has 0 unspecified atom stereocenters. The molecule has 2 aromatic heterocycles. The van der Waals surface area contributed by atoms with Crippen LogP contribution < -0.4 is 11.1 Å². The van der Waals surface area contributed by atoms with E-state index in [0.29, 0.717) is 74.7 Å². The number of ketones is 2. The lowest BCUT2D eigenvalue weighted by atomic mass is 10.0. The van der Waals surface area contributed by atoms with Crippen LogP contribution in [0.1, 0.15) is 38.3 Å². The van der Waals surface area contributed by atoms with Crippen molar-refractivity contribution in [2.75, 3.05) is 0 Å². The first-order valence-electron chi connectivity index (χ1n) is 13.7. The van der Waals surface area contributed by atoms with Crippen LogP contribution in [0.5, 0.6) is 0 Å². The molecule has 6 nitrogen and oxygen atoms in total. The number of pyridine rings is 2. The van der Waals surface area contributed by atoms with Crippen LogP contribution in [-0.4, -0.2) is 20.7 Å². The first-order chi connectivity index (χ1) is 20.1. The predicted molar refractivity (Wildman–Crippen MR) is 159 cm³/mol. The van der Waals surface area contributed by atoms with Gasteiger partial charge in [0, 0.05) is 56.9 Å². The van der Waals surface area contributed by atoms with Gasteiger partial charge in [-0.1, -0.05) is 84.9 Å². The number of fused-ring (bicyclic) bond motifs is 10. The Labute approximate surface area is 233 Å². The van der Waals surface area contributed by atoms with Crippen molar-refractivity contribution < 1.29 is 9.59 Å². The van der Waals surface area contributed by atoms with Crippen molar-refractivity contribution in [3.05, 3.63) is 140 Å². The van der Waals surface area contributed by atoms with Gasteiger partial charge in [0.15, 0.2) is 11.6 Å². The zero-order valence-electron chi connectivity index (χ0n) is 21.9. The number of benzene rings is 4. The average molecular weight is 535 g/mol. The fraction of sp³-hybridized carbons (Fsp3) is 0.0857. The summed E-state index contributed by atoms with van der Waals surface area (Å²) in [6, 6.07) is 29.2. The quantitative estimate of drug-likeness (QED) is 0.285. The lowest BCUT2D eigenvalue weighted by Gasteiger charge is -2.17. The summed E-state index contributed by atoms with van der Waals surface area (Å²) in [4.78, 5) is 54.7. The standard InChI is InChI=1S/C35H22N2O4/c38-32-24-14-5-3-12-22(24)30-28(32)20-10-1-7-16-26(20)34(40)36(30)18-9-19-37-31-23-13-4-6-15-25(23)33(39)29(31)21-11-2-8-17-27(21)35(37)41/h1-8,10-17H,9,18-19H2. The van der Waals surface area contributed by atoms with Crippen molar-refractivity contribution >= 4 is 33.1 Å². The summed E-state index contributed by atoms with van der Waals surface area (Å²) in [6.07, 6.45) is 0.447. The molecule has 2 heterocycles. The lowest BCUT2D eigenvalue weighted by molar-refractivity contribution is 0.103. The van der Waals surface area contributed by atoms with Gasteiger partial charge in [-0.3, -0.25) is 19.2 Å². The highest BCUT2D eigenvalue weighted by Crippen LogP contribution is 2.40. The second kappa shape index (κ2) is 8.57. The molecule has 6 aromatic rings. The zero-order chi connectivity index (χ0) is 27.8. The Morgan fingerprint density at radius 2 is 0.756 bits per heavy atom. The van der Waals surface area contributed by atoms with Gasteiger partial charge in [-0.2, -0.15) is 0 Å². The molecule has 4 aromatic carbocycles. The molecule has 8 rings (SSSR count). The molecule has 0 amide bonds. The summed E-state index contributed by atoms with van der Waals surface area (Å²) in [5.41, 5.74) is 4.70. The molecule has 196 valence electrons. The third-order valence-corrected chi connectivity index (χ3v) is 8.43. The Morgan fingerprint density at radius 3 is 1.17 bits per heavy atom. The van der Waals surface area contributed by atoms with Crippen LogP contribution in [0.4, 0.5) is 0 Å². The maximum Gasteiger partial charge on any atom is 0.258 e. The number of hydrogen-bond donors (Lipinski definition) is 0. The fourth-order valence-electron chi connectivity index (χ4n) is 6.67. The van der Waals surface area contributed by atoms with Crippen molar-refractivity contribution in [2.24, 2.45) is 0 Å². The van der Waals surface area contributed by atoms with Gasteiger partial charge < -0.3 is 9.13 Å². The van der Waals surface area contributed by atoms with Gasteiger partial charge in [-0.05, 0) is 18.6 Å². The molecule has 0 N–H and O–H groups in total. The third-order valence-electron chi connectivity index (χ3n) is 8.43. The molecule has 6 heteroatoms. The number of aromatic nitrogens is 2. The van der Waals surface area contributed by atoms with E-state index >= 15 is 0 Å². The number of nitrogens with zero attached hydrogens (tertiary/aromatic N) is 2. The minimum atomic E-state index is -0.166. The van der Waals surface area contributed by atoms with Crippen LogP contribution in [0.15, 0.2) is 107 Å². The van der Waals surface area contributed by atoms with Gasteiger partial charge >= 0.3 is 0 Å². The first kappa shape index (κ1) is 23.5. The van der Waals surface area contributed by atoms with Gasteiger partial charge in [0.1, 0.15) is 0 Å². The van der Waals surface area contributed by atoms with E-state index in [0.717, 1.165) is 11.1 Å². The molecule has 0 spiro atoms. The van der Waals surface area contributed by atoms with E-state index in [2.05, 4.69) is 0 Å². The van der Waals surface area contributed by atoms with Gasteiger partial charge in [-0.25, -0.2) is 0 Å². The first-order valence-corrected chi connectivity index (χ1v) is 13.7. The zero-order valence-corrected chi connectivity index (χ0v) is 21.9. The van der Waals surface area contributed by atoms with Crippen molar-refractivity contribution in [3.63, 3.8) is 0 Å². The largest absolute Gasteiger partial charge is 0.307 e. The molecule has 0 radical (unpaired) electrons. The molecule has 2 aliphatic carbocycles. The number of carbonyl (C=O) groups is 2. The Hall–Kier alpha value is -5.36. The maximum absolute atomic E-state index is 13.8. The molecule has 0 atom stereocenters. The minimum Gasteiger partial charge on any atom is -0.307 e. The van der Waals surface area contributed by atoms with Gasteiger partial charge in [0.05, 0.1) is 22.5 Å². The topological polar surface area (TPSA) is 78.1 Å². The third kappa shape index (κ3) is 3.13. The summed E-state index contributed by atoms with van der Waals surface area (Å²) in [5, 5.41) is 2.30. The van der Waals surface area contributed by atoms with Crippen molar-refractivity contribution in [2.45, 2.75) is 19.5 Å². The fourth-order valence-corrected chi connectivity index (χ4v) is 6.67. The Balaban J connectivity index is 1.28. The van der Waals surface area contributed by atoms with Gasteiger partial charge in [0.25, 0.3) is 11.1 Å². The van der Waals surface area contributed by atoms with E-state index in [4.69, 9.17) is 0 Å². The number of carbonyl (C=O) groups excluding carboxylic acids is 2. The van der Waals surface area contributed by atoms with Gasteiger partial charge in [0.2, 0.25) is 0 Å². The molecule has 0 bridgehead atoms. The van der Waals surface area contributed by atoms with Crippen molar-refractivity contribution in [1.82, 2.24) is 9.13 Å². The van der Waals surface area contributed by atoms with Crippen molar-refractivity contribution in [3.8, 4) is 22.5 Å². The normalized spacial score (nSPS) is 13.0.